The number of rotatable bonds is 1. The van der Waals surface area contributed by atoms with Crippen LogP contribution in [0.1, 0.15) is 39.0 Å². The number of imidazole rings is 1. The second-order valence-corrected chi connectivity index (χ2v) is 5.18. The lowest BCUT2D eigenvalue weighted by Gasteiger charge is -2.39. The number of fused-ring (bicyclic) bond motifs is 5. The first-order valence-corrected chi connectivity index (χ1v) is 6.56. The first-order valence-electron chi connectivity index (χ1n) is 6.56. The van der Waals surface area contributed by atoms with Gasteiger partial charge in [-0.05, 0) is 24.6 Å². The van der Waals surface area contributed by atoms with E-state index in [0.717, 1.165) is 6.42 Å². The fraction of sp³-hybridized carbons (Fsp3) is 0.214. The van der Waals surface area contributed by atoms with Crippen molar-refractivity contribution in [2.45, 2.75) is 12.5 Å². The van der Waals surface area contributed by atoms with Gasteiger partial charge in [-0.1, -0.05) is 0 Å². The molecule has 1 saturated heterocycles. The maximum absolute atomic E-state index is 13.5. The van der Waals surface area contributed by atoms with Crippen LogP contribution in [0.4, 0.5) is 4.39 Å². The summed E-state index contributed by atoms with van der Waals surface area (Å²) in [5, 5.41) is 0. The number of nitrogens with two attached hydrogens (primary N) is 1. The minimum absolute atomic E-state index is 0.162. The quantitative estimate of drug-likeness (QED) is 0.849. The first kappa shape index (κ1) is 12.1. The maximum atomic E-state index is 13.5. The molecule has 3 heterocycles. The Morgan fingerprint density at radius 2 is 2.24 bits per heavy atom. The number of nitrogens with zero attached hydrogens (tertiary/aromatic N) is 3. The van der Waals surface area contributed by atoms with Gasteiger partial charge in [-0.3, -0.25) is 14.2 Å². The Bertz CT molecular complexity index is 798. The van der Waals surface area contributed by atoms with E-state index in [1.807, 2.05) is 0 Å². The average molecular weight is 286 g/mol. The number of hydrogen-bond donors (Lipinski definition) is 1. The van der Waals surface area contributed by atoms with E-state index in [0.29, 0.717) is 17.9 Å². The van der Waals surface area contributed by atoms with Crippen LogP contribution in [0.3, 0.4) is 0 Å². The highest BCUT2D eigenvalue weighted by Crippen LogP contribution is 2.40. The summed E-state index contributed by atoms with van der Waals surface area (Å²) in [5.74, 6) is -1.34. The van der Waals surface area contributed by atoms with Gasteiger partial charge in [0.2, 0.25) is 0 Å². The molecule has 21 heavy (non-hydrogen) atoms. The second kappa shape index (κ2) is 3.91. The molecule has 1 fully saturated rings. The van der Waals surface area contributed by atoms with Gasteiger partial charge in [0.25, 0.3) is 11.8 Å². The van der Waals surface area contributed by atoms with E-state index in [9.17, 15) is 14.0 Å². The summed E-state index contributed by atoms with van der Waals surface area (Å²) in [6, 6.07) is 3.77. The van der Waals surface area contributed by atoms with Crippen LogP contribution in [0.5, 0.6) is 0 Å². The Hall–Kier alpha value is -2.70. The number of amides is 2. The molecule has 2 aromatic rings. The van der Waals surface area contributed by atoms with Crippen molar-refractivity contribution in [3.8, 4) is 5.69 Å². The van der Waals surface area contributed by atoms with Gasteiger partial charge in [-0.25, -0.2) is 9.37 Å². The summed E-state index contributed by atoms with van der Waals surface area (Å²) in [6.07, 6.45) is 2.19. The summed E-state index contributed by atoms with van der Waals surface area (Å²) in [7, 11) is 0. The van der Waals surface area contributed by atoms with E-state index in [1.165, 1.54) is 24.5 Å². The zero-order valence-corrected chi connectivity index (χ0v) is 10.9. The molecule has 7 heteroatoms. The van der Waals surface area contributed by atoms with Crippen molar-refractivity contribution in [1.82, 2.24) is 14.5 Å². The zero-order valence-electron chi connectivity index (χ0n) is 10.9. The molecule has 6 nitrogen and oxygen atoms in total. The van der Waals surface area contributed by atoms with Gasteiger partial charge in [0.15, 0.2) is 5.69 Å². The molecule has 0 bridgehead atoms. The molecule has 2 N–H and O–H groups in total. The molecule has 1 aromatic heterocycles. The monoisotopic (exact) mass is 286 g/mol. The number of aromatic nitrogens is 2. The topological polar surface area (TPSA) is 81.2 Å². The fourth-order valence-corrected chi connectivity index (χ4v) is 3.02. The molecule has 2 aliphatic heterocycles. The number of halogens is 1. The third-order valence-corrected chi connectivity index (χ3v) is 4.08. The summed E-state index contributed by atoms with van der Waals surface area (Å²) < 4.78 is 15.1. The highest BCUT2D eigenvalue weighted by molar-refractivity contribution is 6.00. The van der Waals surface area contributed by atoms with Crippen LogP contribution in [0.25, 0.3) is 5.69 Å². The number of primary amides is 1. The molecule has 4 rings (SSSR count). The van der Waals surface area contributed by atoms with E-state index >= 15 is 0 Å². The third kappa shape index (κ3) is 1.48. The first-order chi connectivity index (χ1) is 10.1. The van der Waals surface area contributed by atoms with E-state index < -0.39 is 11.7 Å². The Morgan fingerprint density at radius 1 is 1.43 bits per heavy atom. The molecule has 1 atom stereocenters. The van der Waals surface area contributed by atoms with Crippen LogP contribution in [0.15, 0.2) is 24.5 Å². The fourth-order valence-electron chi connectivity index (χ4n) is 3.02. The van der Waals surface area contributed by atoms with Crippen molar-refractivity contribution in [2.75, 3.05) is 6.54 Å². The van der Waals surface area contributed by atoms with Crippen LogP contribution >= 0.6 is 0 Å². The Kier molecular flexibility index (Phi) is 2.25. The smallest absolute Gasteiger partial charge is 0.269 e. The highest BCUT2D eigenvalue weighted by atomic mass is 19.1. The van der Waals surface area contributed by atoms with Crippen LogP contribution in [-0.4, -0.2) is 32.8 Å². The third-order valence-electron chi connectivity index (χ3n) is 4.08. The minimum atomic E-state index is -0.631. The molecule has 0 radical (unpaired) electrons. The predicted octanol–water partition coefficient (Wildman–Crippen LogP) is 1.01. The number of carbonyl (C=O) groups is 2. The lowest BCUT2D eigenvalue weighted by molar-refractivity contribution is 0.0456. The van der Waals surface area contributed by atoms with Crippen molar-refractivity contribution in [2.24, 2.45) is 5.73 Å². The molecule has 106 valence electrons. The SMILES string of the molecule is NC(=O)c1ncn2c1[C@@H]1CCN1C(=O)c1cc(F)ccc1-2. The van der Waals surface area contributed by atoms with Crippen molar-refractivity contribution in [3.63, 3.8) is 0 Å². The van der Waals surface area contributed by atoms with Gasteiger partial charge in [0.05, 0.1) is 23.0 Å². The van der Waals surface area contributed by atoms with Crippen LogP contribution < -0.4 is 5.73 Å². The van der Waals surface area contributed by atoms with Gasteiger partial charge in [0.1, 0.15) is 12.1 Å². The van der Waals surface area contributed by atoms with Crippen LogP contribution in [-0.2, 0) is 0 Å². The summed E-state index contributed by atoms with van der Waals surface area (Å²) in [6.45, 7) is 0.572. The van der Waals surface area contributed by atoms with Gasteiger partial charge < -0.3 is 10.6 Å². The number of carbonyl (C=O) groups excluding carboxylic acids is 2. The zero-order chi connectivity index (χ0) is 14.7. The van der Waals surface area contributed by atoms with E-state index in [4.69, 9.17) is 5.73 Å². The molecule has 0 unspecified atom stereocenters. The van der Waals surface area contributed by atoms with Crippen LogP contribution in [0.2, 0.25) is 0 Å². The Labute approximate surface area is 119 Å². The lowest BCUT2D eigenvalue weighted by Crippen LogP contribution is -2.45. The van der Waals surface area contributed by atoms with E-state index in [-0.39, 0.29) is 23.2 Å². The molecular formula is C14H11FN4O2. The maximum Gasteiger partial charge on any atom is 0.269 e. The summed E-state index contributed by atoms with van der Waals surface area (Å²) >= 11 is 0. The number of benzene rings is 1. The van der Waals surface area contributed by atoms with Gasteiger partial charge in [0, 0.05) is 6.54 Å². The highest BCUT2D eigenvalue weighted by Gasteiger charge is 2.42. The average Bonchev–Trinajstić information content (AvgIpc) is 2.79. The predicted molar refractivity (Wildman–Crippen MR) is 70.4 cm³/mol. The van der Waals surface area contributed by atoms with Gasteiger partial charge >= 0.3 is 0 Å². The number of hydrogen-bond acceptors (Lipinski definition) is 3. The molecule has 1 aromatic carbocycles. The standard InChI is InChI=1S/C14H11FN4O2/c15-7-1-2-9-8(5-7)14(21)18-4-3-10(18)12-11(13(16)20)17-6-19(9)12/h1-2,5-6,10H,3-4H2,(H2,16,20)/t10-/m0/s1. The Balaban J connectivity index is 2.04. The Morgan fingerprint density at radius 3 is 2.90 bits per heavy atom. The normalized spacial score (nSPS) is 19.2. The van der Waals surface area contributed by atoms with Gasteiger partial charge in [-0.2, -0.15) is 0 Å². The van der Waals surface area contributed by atoms with E-state index in [2.05, 4.69) is 4.98 Å². The second-order valence-electron chi connectivity index (χ2n) is 5.18. The van der Waals surface area contributed by atoms with Crippen molar-refractivity contribution < 1.29 is 14.0 Å². The molecule has 2 aliphatic rings. The molecule has 0 saturated carbocycles. The molecule has 2 amide bonds. The largest absolute Gasteiger partial charge is 0.364 e. The summed E-state index contributed by atoms with van der Waals surface area (Å²) in [5.41, 5.74) is 6.92. The van der Waals surface area contributed by atoms with E-state index in [1.54, 1.807) is 9.47 Å². The lowest BCUT2D eigenvalue weighted by atomic mass is 9.97. The molecule has 0 spiro atoms. The van der Waals surface area contributed by atoms with Crippen LogP contribution in [0, 0.1) is 5.82 Å². The van der Waals surface area contributed by atoms with Gasteiger partial charge in [-0.15, -0.1) is 0 Å². The molecule has 0 aliphatic carbocycles. The summed E-state index contributed by atoms with van der Waals surface area (Å²) in [4.78, 5) is 29.7. The molecular weight excluding hydrogens is 275 g/mol. The van der Waals surface area contributed by atoms with Crippen molar-refractivity contribution >= 4 is 11.8 Å². The van der Waals surface area contributed by atoms with Crippen molar-refractivity contribution in [3.05, 3.63) is 47.3 Å². The van der Waals surface area contributed by atoms with Crippen molar-refractivity contribution in [1.29, 1.82) is 0 Å². The minimum Gasteiger partial charge on any atom is -0.364 e.